The second-order valence-electron chi connectivity index (χ2n) is 3.08. The largest absolute Gasteiger partial charge is 1.00 e. The van der Waals surface area contributed by atoms with Gasteiger partial charge in [0.15, 0.2) is 0 Å². The summed E-state index contributed by atoms with van der Waals surface area (Å²) in [5, 5.41) is 0. The maximum Gasteiger partial charge on any atom is 1.00 e. The molecule has 0 aliphatic heterocycles. The predicted molar refractivity (Wildman–Crippen MR) is 36.5 cm³/mol. The Morgan fingerprint density at radius 2 is 1.56 bits per heavy atom. The molecule has 0 heterocycles. The summed E-state index contributed by atoms with van der Waals surface area (Å²) < 4.78 is 0. The van der Waals surface area contributed by atoms with Crippen molar-refractivity contribution in [1.29, 1.82) is 0 Å². The summed E-state index contributed by atoms with van der Waals surface area (Å²) in [5.41, 5.74) is 0. The topological polar surface area (TPSA) is 0 Å². The molecule has 1 heteroatoms. The first-order valence-electron chi connectivity index (χ1n) is 3.64. The average Bonchev–Trinajstić information content (AvgIpc) is 1.64. The first-order chi connectivity index (χ1) is 3.79. The van der Waals surface area contributed by atoms with Crippen LogP contribution in [0.2, 0.25) is 0 Å². The summed E-state index contributed by atoms with van der Waals surface area (Å²) in [6.45, 7) is 4.63. The zero-order chi connectivity index (χ0) is 5.98. The van der Waals surface area contributed by atoms with Gasteiger partial charge in [-0.25, -0.2) is 0 Å². The fourth-order valence-electron chi connectivity index (χ4n) is 1.52. The normalized spacial score (nSPS) is 35.3. The Bertz CT molecular complexity index is 63.0. The summed E-state index contributed by atoms with van der Waals surface area (Å²) in [7, 11) is 0. The van der Waals surface area contributed by atoms with Crippen LogP contribution < -0.4 is 51.4 Å². The Balaban J connectivity index is 0.000000640. The van der Waals surface area contributed by atoms with Gasteiger partial charge in [-0.15, -0.1) is 0 Å². The minimum Gasteiger partial charge on any atom is -0.323 e. The van der Waals surface area contributed by atoms with E-state index in [-0.39, 0.29) is 51.4 Å². The summed E-state index contributed by atoms with van der Waals surface area (Å²) in [6.07, 6.45) is 6.76. The Morgan fingerprint density at radius 1 is 1.11 bits per heavy atom. The Kier molecular flexibility index (Phi) is 6.27. The van der Waals surface area contributed by atoms with Gasteiger partial charge in [0.05, 0.1) is 0 Å². The Hall–Kier alpha value is 1.64. The molecule has 1 aliphatic carbocycles. The first kappa shape index (κ1) is 10.6. The minimum absolute atomic E-state index is 0. The van der Waals surface area contributed by atoms with E-state index in [4.69, 9.17) is 0 Å². The third-order valence-corrected chi connectivity index (χ3v) is 1.98. The number of hydrogen-bond donors (Lipinski definition) is 0. The van der Waals surface area contributed by atoms with Crippen LogP contribution in [-0.2, 0) is 0 Å². The van der Waals surface area contributed by atoms with Crippen molar-refractivity contribution in [2.45, 2.75) is 33.1 Å². The van der Waals surface area contributed by atoms with Crippen LogP contribution in [0, 0.1) is 18.3 Å². The molecule has 48 valence electrons. The molecule has 2 unspecified atom stereocenters. The zero-order valence-electron chi connectivity index (χ0n) is 6.85. The van der Waals surface area contributed by atoms with Crippen LogP contribution in [0.25, 0.3) is 0 Å². The van der Waals surface area contributed by atoms with Crippen LogP contribution in [0.1, 0.15) is 33.1 Å². The van der Waals surface area contributed by atoms with Crippen molar-refractivity contribution in [1.82, 2.24) is 0 Å². The van der Waals surface area contributed by atoms with Gasteiger partial charge in [0.2, 0.25) is 0 Å². The molecular formula is C8H15K. The second-order valence-corrected chi connectivity index (χ2v) is 3.08. The molecule has 0 radical (unpaired) electrons. The quantitative estimate of drug-likeness (QED) is 0.327. The van der Waals surface area contributed by atoms with Crippen LogP contribution in [0.3, 0.4) is 0 Å². The van der Waals surface area contributed by atoms with E-state index in [1.54, 1.807) is 0 Å². The SMILES string of the molecule is CC1[CH-]C(C)CCC1.[K+]. The summed E-state index contributed by atoms with van der Waals surface area (Å²) in [6, 6.07) is 0. The van der Waals surface area contributed by atoms with Gasteiger partial charge in [-0.1, -0.05) is 33.1 Å². The third kappa shape index (κ3) is 4.15. The molecule has 0 N–H and O–H groups in total. The van der Waals surface area contributed by atoms with Crippen molar-refractivity contribution in [3.05, 3.63) is 6.42 Å². The van der Waals surface area contributed by atoms with E-state index in [0.717, 1.165) is 11.8 Å². The predicted octanol–water partition coefficient (Wildman–Crippen LogP) is -0.349. The molecule has 0 amide bonds. The van der Waals surface area contributed by atoms with Gasteiger partial charge in [0.25, 0.3) is 0 Å². The van der Waals surface area contributed by atoms with E-state index in [0.29, 0.717) is 0 Å². The van der Waals surface area contributed by atoms with Gasteiger partial charge in [-0.2, -0.15) is 11.8 Å². The van der Waals surface area contributed by atoms with Gasteiger partial charge in [0.1, 0.15) is 0 Å². The molecule has 0 bridgehead atoms. The van der Waals surface area contributed by atoms with Crippen molar-refractivity contribution < 1.29 is 51.4 Å². The molecule has 2 atom stereocenters. The van der Waals surface area contributed by atoms with Crippen molar-refractivity contribution >= 4 is 0 Å². The fourth-order valence-corrected chi connectivity index (χ4v) is 1.52. The van der Waals surface area contributed by atoms with Crippen LogP contribution in [-0.4, -0.2) is 0 Å². The standard InChI is InChI=1S/C8H15.K/c1-7-4-3-5-8(2)6-7;/h6-8H,3-5H2,1-2H3;/q-1;+1. The van der Waals surface area contributed by atoms with Crippen molar-refractivity contribution in [3.63, 3.8) is 0 Å². The minimum atomic E-state index is 0. The molecule has 1 fully saturated rings. The molecule has 0 aromatic rings. The van der Waals surface area contributed by atoms with Gasteiger partial charge < -0.3 is 6.42 Å². The molecule has 0 nitrogen and oxygen atoms in total. The summed E-state index contributed by atoms with van der Waals surface area (Å²) in [4.78, 5) is 0. The third-order valence-electron chi connectivity index (χ3n) is 1.98. The van der Waals surface area contributed by atoms with E-state index in [9.17, 15) is 0 Å². The van der Waals surface area contributed by atoms with E-state index in [1.807, 2.05) is 0 Å². The second kappa shape index (κ2) is 5.31. The molecule has 0 aromatic heterocycles. The Labute approximate surface area is 101 Å². The molecule has 9 heavy (non-hydrogen) atoms. The molecule has 0 saturated heterocycles. The maximum atomic E-state index is 2.48. The molecule has 1 saturated carbocycles. The van der Waals surface area contributed by atoms with E-state index >= 15 is 0 Å². The monoisotopic (exact) mass is 150 g/mol. The molecule has 0 spiro atoms. The van der Waals surface area contributed by atoms with Gasteiger partial charge in [-0.05, 0) is 0 Å². The smallest absolute Gasteiger partial charge is 0.323 e. The van der Waals surface area contributed by atoms with Gasteiger partial charge >= 0.3 is 51.4 Å². The van der Waals surface area contributed by atoms with Gasteiger partial charge in [0, 0.05) is 0 Å². The van der Waals surface area contributed by atoms with E-state index < -0.39 is 0 Å². The van der Waals surface area contributed by atoms with Crippen LogP contribution >= 0.6 is 0 Å². The molecular weight excluding hydrogens is 135 g/mol. The summed E-state index contributed by atoms with van der Waals surface area (Å²) in [5.74, 6) is 1.78. The number of hydrogen-bond acceptors (Lipinski definition) is 0. The Morgan fingerprint density at radius 3 is 1.78 bits per heavy atom. The molecule has 1 rings (SSSR count). The number of rotatable bonds is 0. The fraction of sp³-hybridized carbons (Fsp3) is 0.875. The van der Waals surface area contributed by atoms with E-state index in [1.165, 1.54) is 19.3 Å². The van der Waals surface area contributed by atoms with Crippen LogP contribution in [0.15, 0.2) is 0 Å². The summed E-state index contributed by atoms with van der Waals surface area (Å²) >= 11 is 0. The maximum absolute atomic E-state index is 2.48. The first-order valence-corrected chi connectivity index (χ1v) is 3.64. The molecule has 0 aromatic carbocycles. The van der Waals surface area contributed by atoms with Crippen molar-refractivity contribution in [2.75, 3.05) is 0 Å². The van der Waals surface area contributed by atoms with Crippen molar-refractivity contribution in [2.24, 2.45) is 11.8 Å². The van der Waals surface area contributed by atoms with Crippen LogP contribution in [0.4, 0.5) is 0 Å². The average molecular weight is 150 g/mol. The van der Waals surface area contributed by atoms with Gasteiger partial charge in [-0.3, -0.25) is 0 Å². The zero-order valence-corrected chi connectivity index (χ0v) is 9.98. The van der Waals surface area contributed by atoms with Crippen LogP contribution in [0.5, 0.6) is 0 Å². The van der Waals surface area contributed by atoms with E-state index in [2.05, 4.69) is 20.3 Å². The van der Waals surface area contributed by atoms with Crippen molar-refractivity contribution in [3.8, 4) is 0 Å². The molecule has 1 aliphatic rings.